The SMILES string of the molecule is CCCSN1C=CC=CC1. The molecular weight excluding hydrogens is 142 g/mol. The molecule has 0 saturated carbocycles. The Labute approximate surface area is 66.9 Å². The van der Waals surface area contributed by atoms with Gasteiger partial charge in [0.05, 0.1) is 0 Å². The quantitative estimate of drug-likeness (QED) is 0.576. The van der Waals surface area contributed by atoms with Gasteiger partial charge < -0.3 is 4.31 Å². The lowest BCUT2D eigenvalue weighted by atomic mass is 10.4. The Balaban J connectivity index is 2.17. The lowest BCUT2D eigenvalue weighted by molar-refractivity contribution is 0.688. The van der Waals surface area contributed by atoms with E-state index in [4.69, 9.17) is 0 Å². The molecular formula is C8H13NS. The van der Waals surface area contributed by atoms with Crippen LogP contribution in [0.4, 0.5) is 0 Å². The minimum absolute atomic E-state index is 1.06. The van der Waals surface area contributed by atoms with Crippen LogP contribution in [0.5, 0.6) is 0 Å². The zero-order valence-electron chi connectivity index (χ0n) is 6.29. The molecule has 1 aliphatic heterocycles. The first-order chi connectivity index (χ1) is 4.93. The van der Waals surface area contributed by atoms with Gasteiger partial charge in [0, 0.05) is 18.5 Å². The maximum absolute atomic E-state index is 2.25. The summed E-state index contributed by atoms with van der Waals surface area (Å²) in [6.07, 6.45) is 9.71. The normalized spacial score (nSPS) is 16.3. The summed E-state index contributed by atoms with van der Waals surface area (Å²) in [5, 5.41) is 0. The van der Waals surface area contributed by atoms with E-state index in [9.17, 15) is 0 Å². The van der Waals surface area contributed by atoms with Crippen LogP contribution in [0.25, 0.3) is 0 Å². The third kappa shape index (κ3) is 2.48. The van der Waals surface area contributed by atoms with Gasteiger partial charge in [0.1, 0.15) is 0 Å². The Bertz CT molecular complexity index is 140. The Hall–Kier alpha value is -0.370. The highest BCUT2D eigenvalue weighted by molar-refractivity contribution is 7.97. The van der Waals surface area contributed by atoms with Crippen molar-refractivity contribution in [1.29, 1.82) is 0 Å². The lowest BCUT2D eigenvalue weighted by Gasteiger charge is -2.17. The van der Waals surface area contributed by atoms with Gasteiger partial charge >= 0.3 is 0 Å². The topological polar surface area (TPSA) is 3.24 Å². The summed E-state index contributed by atoms with van der Waals surface area (Å²) in [4.78, 5) is 0. The Morgan fingerprint density at radius 2 is 2.40 bits per heavy atom. The van der Waals surface area contributed by atoms with Gasteiger partial charge in [0.25, 0.3) is 0 Å². The molecule has 1 aliphatic rings. The largest absolute Gasteiger partial charge is 0.319 e. The molecule has 2 heteroatoms. The number of hydrogen-bond acceptors (Lipinski definition) is 2. The molecule has 0 aliphatic carbocycles. The molecule has 10 heavy (non-hydrogen) atoms. The predicted molar refractivity (Wildman–Crippen MR) is 47.7 cm³/mol. The monoisotopic (exact) mass is 155 g/mol. The first kappa shape index (κ1) is 7.73. The first-order valence-corrected chi connectivity index (χ1v) is 4.60. The molecule has 0 spiro atoms. The van der Waals surface area contributed by atoms with Crippen molar-refractivity contribution in [3.05, 3.63) is 24.4 Å². The van der Waals surface area contributed by atoms with Crippen LogP contribution in [0.3, 0.4) is 0 Å². The average molecular weight is 155 g/mol. The van der Waals surface area contributed by atoms with Crippen LogP contribution in [0.15, 0.2) is 24.4 Å². The van der Waals surface area contributed by atoms with Crippen LogP contribution in [-0.2, 0) is 0 Å². The van der Waals surface area contributed by atoms with Crippen LogP contribution in [0, 0.1) is 0 Å². The number of rotatable bonds is 3. The van der Waals surface area contributed by atoms with Gasteiger partial charge in [-0.05, 0) is 12.5 Å². The van der Waals surface area contributed by atoms with Crippen molar-refractivity contribution in [2.45, 2.75) is 13.3 Å². The summed E-state index contributed by atoms with van der Waals surface area (Å²) in [6.45, 7) is 3.26. The molecule has 0 atom stereocenters. The summed E-state index contributed by atoms with van der Waals surface area (Å²) < 4.78 is 2.25. The summed E-state index contributed by atoms with van der Waals surface area (Å²) in [5.74, 6) is 1.22. The third-order valence-electron chi connectivity index (χ3n) is 1.25. The van der Waals surface area contributed by atoms with Crippen LogP contribution < -0.4 is 0 Å². The van der Waals surface area contributed by atoms with E-state index in [-0.39, 0.29) is 0 Å². The minimum atomic E-state index is 1.06. The molecule has 1 heterocycles. The number of hydrogen-bond donors (Lipinski definition) is 0. The number of nitrogens with zero attached hydrogens (tertiary/aromatic N) is 1. The van der Waals surface area contributed by atoms with E-state index >= 15 is 0 Å². The molecule has 0 unspecified atom stereocenters. The van der Waals surface area contributed by atoms with E-state index in [2.05, 4.69) is 35.7 Å². The summed E-state index contributed by atoms with van der Waals surface area (Å²) in [7, 11) is 0. The Morgan fingerprint density at radius 3 is 3.00 bits per heavy atom. The van der Waals surface area contributed by atoms with Gasteiger partial charge in [0.15, 0.2) is 0 Å². The van der Waals surface area contributed by atoms with Crippen molar-refractivity contribution >= 4 is 11.9 Å². The van der Waals surface area contributed by atoms with Crippen molar-refractivity contribution in [1.82, 2.24) is 4.31 Å². The van der Waals surface area contributed by atoms with Crippen molar-refractivity contribution < 1.29 is 0 Å². The smallest absolute Gasteiger partial charge is 0.0473 e. The highest BCUT2D eigenvalue weighted by atomic mass is 32.2. The van der Waals surface area contributed by atoms with Gasteiger partial charge in [0.2, 0.25) is 0 Å². The van der Waals surface area contributed by atoms with Crippen LogP contribution in [-0.4, -0.2) is 16.6 Å². The van der Waals surface area contributed by atoms with Crippen molar-refractivity contribution in [2.24, 2.45) is 0 Å². The summed E-state index contributed by atoms with van der Waals surface area (Å²) >= 11 is 1.89. The van der Waals surface area contributed by atoms with Gasteiger partial charge in [-0.2, -0.15) is 0 Å². The molecule has 0 aromatic heterocycles. The van der Waals surface area contributed by atoms with Crippen LogP contribution in [0.1, 0.15) is 13.3 Å². The predicted octanol–water partition coefficient (Wildman–Crippen LogP) is 2.43. The van der Waals surface area contributed by atoms with Crippen molar-refractivity contribution in [2.75, 3.05) is 12.3 Å². The molecule has 56 valence electrons. The molecule has 0 N–H and O–H groups in total. The maximum atomic E-state index is 2.25. The molecule has 0 amide bonds. The second-order valence-corrected chi connectivity index (χ2v) is 3.34. The second-order valence-electron chi connectivity index (χ2n) is 2.20. The first-order valence-electron chi connectivity index (χ1n) is 3.66. The molecule has 1 nitrogen and oxygen atoms in total. The van der Waals surface area contributed by atoms with Crippen LogP contribution >= 0.6 is 11.9 Å². The van der Waals surface area contributed by atoms with E-state index in [1.54, 1.807) is 0 Å². The molecule has 0 bridgehead atoms. The lowest BCUT2D eigenvalue weighted by Crippen LogP contribution is -2.10. The standard InChI is InChI=1S/C8H13NS/c1-2-8-10-9-6-4-3-5-7-9/h3-6H,2,7-8H2,1H3. The fraction of sp³-hybridized carbons (Fsp3) is 0.500. The molecule has 0 aromatic rings. The van der Waals surface area contributed by atoms with Gasteiger partial charge in [-0.3, -0.25) is 0 Å². The van der Waals surface area contributed by atoms with E-state index in [0.717, 1.165) is 6.54 Å². The maximum Gasteiger partial charge on any atom is 0.0473 e. The van der Waals surface area contributed by atoms with Crippen molar-refractivity contribution in [3.63, 3.8) is 0 Å². The minimum Gasteiger partial charge on any atom is -0.319 e. The van der Waals surface area contributed by atoms with Crippen LogP contribution in [0.2, 0.25) is 0 Å². The third-order valence-corrected chi connectivity index (χ3v) is 2.44. The van der Waals surface area contributed by atoms with Gasteiger partial charge in [-0.25, -0.2) is 0 Å². The molecule has 0 saturated heterocycles. The Morgan fingerprint density at radius 1 is 1.50 bits per heavy atom. The summed E-state index contributed by atoms with van der Waals surface area (Å²) in [5.41, 5.74) is 0. The zero-order chi connectivity index (χ0) is 7.23. The van der Waals surface area contributed by atoms with E-state index in [1.165, 1.54) is 12.2 Å². The Kier molecular flexibility index (Phi) is 3.44. The van der Waals surface area contributed by atoms with Crippen molar-refractivity contribution in [3.8, 4) is 0 Å². The van der Waals surface area contributed by atoms with Gasteiger partial charge in [-0.15, -0.1) is 0 Å². The van der Waals surface area contributed by atoms with E-state index < -0.39 is 0 Å². The summed E-state index contributed by atoms with van der Waals surface area (Å²) in [6, 6.07) is 0. The highest BCUT2D eigenvalue weighted by Gasteiger charge is 1.97. The molecule has 1 rings (SSSR count). The average Bonchev–Trinajstić information content (AvgIpc) is 2.03. The second kappa shape index (κ2) is 4.45. The fourth-order valence-electron chi connectivity index (χ4n) is 0.754. The zero-order valence-corrected chi connectivity index (χ0v) is 7.10. The molecule has 0 radical (unpaired) electrons. The number of allylic oxidation sites excluding steroid dienone is 2. The van der Waals surface area contributed by atoms with Gasteiger partial charge in [-0.1, -0.05) is 31.0 Å². The highest BCUT2D eigenvalue weighted by Crippen LogP contribution is 2.13. The molecule has 0 fully saturated rings. The molecule has 0 aromatic carbocycles. The fourth-order valence-corrected chi connectivity index (χ4v) is 1.52. The van der Waals surface area contributed by atoms with E-state index in [1.807, 2.05) is 11.9 Å². The van der Waals surface area contributed by atoms with E-state index in [0.29, 0.717) is 0 Å².